The molecule has 1 N–H and O–H groups in total. The molecule has 1 heterocycles. The van der Waals surface area contributed by atoms with Gasteiger partial charge in [-0.3, -0.25) is 9.78 Å². The van der Waals surface area contributed by atoms with Gasteiger partial charge in [-0.05, 0) is 41.3 Å². The first-order valence-corrected chi connectivity index (χ1v) is 8.24. The third kappa shape index (κ3) is 7.54. The van der Waals surface area contributed by atoms with Gasteiger partial charge in [-0.25, -0.2) is 4.79 Å². The number of aromatic nitrogens is 1. The number of carbonyl (C=O) groups excluding carboxylic acids is 2. The third-order valence-electron chi connectivity index (χ3n) is 3.10. The number of esters is 1. The fourth-order valence-corrected chi connectivity index (χ4v) is 2.32. The first-order valence-electron chi connectivity index (χ1n) is 7.45. The maximum absolute atomic E-state index is 11.8. The van der Waals surface area contributed by atoms with Gasteiger partial charge in [0.05, 0.1) is 5.56 Å². The molecule has 0 spiro atoms. The zero-order valence-electron chi connectivity index (χ0n) is 13.3. The smallest absolute Gasteiger partial charge is 0.340 e. The number of amides is 1. The summed E-state index contributed by atoms with van der Waals surface area (Å²) in [6, 6.07) is 1.68. The summed E-state index contributed by atoms with van der Waals surface area (Å²) in [5.74, 6) is -0.174. The number of pyridine rings is 1. The van der Waals surface area contributed by atoms with Gasteiger partial charge in [0.2, 0.25) is 0 Å². The maximum Gasteiger partial charge on any atom is 0.340 e. The highest BCUT2D eigenvalue weighted by Gasteiger charge is 2.12. The van der Waals surface area contributed by atoms with Crippen LogP contribution in [-0.4, -0.2) is 29.5 Å². The molecule has 1 aromatic rings. The molecule has 0 bridgehead atoms. The second-order valence-corrected chi connectivity index (χ2v) is 6.68. The van der Waals surface area contributed by atoms with Crippen LogP contribution < -0.4 is 5.32 Å². The molecule has 5 nitrogen and oxygen atoms in total. The van der Waals surface area contributed by atoms with Crippen molar-refractivity contribution in [2.75, 3.05) is 6.61 Å². The summed E-state index contributed by atoms with van der Waals surface area (Å²) in [7, 11) is 0. The molecule has 0 saturated carbocycles. The van der Waals surface area contributed by atoms with E-state index < -0.39 is 5.97 Å². The maximum atomic E-state index is 11.8. The summed E-state index contributed by atoms with van der Waals surface area (Å²) in [6.07, 6.45) is 6.11. The van der Waals surface area contributed by atoms with E-state index in [0.717, 1.165) is 19.3 Å². The van der Waals surface area contributed by atoms with E-state index in [4.69, 9.17) is 4.74 Å². The molecule has 0 saturated heterocycles. The molecule has 0 fully saturated rings. The molecule has 1 rings (SSSR count). The molecule has 0 unspecified atom stereocenters. The molecule has 22 heavy (non-hydrogen) atoms. The summed E-state index contributed by atoms with van der Waals surface area (Å²) < 4.78 is 5.66. The Hall–Kier alpha value is -1.43. The topological polar surface area (TPSA) is 68.3 Å². The Kier molecular flexibility index (Phi) is 8.09. The average molecular weight is 371 g/mol. The number of carbonyl (C=O) groups is 2. The monoisotopic (exact) mass is 370 g/mol. The Bertz CT molecular complexity index is 506. The molecule has 1 amide bonds. The lowest BCUT2D eigenvalue weighted by atomic mass is 10.0. The Balaban J connectivity index is 2.29. The van der Waals surface area contributed by atoms with Crippen LogP contribution in [0.1, 0.15) is 50.4 Å². The Labute approximate surface area is 140 Å². The lowest BCUT2D eigenvalue weighted by Gasteiger charge is -2.14. The largest absolute Gasteiger partial charge is 0.452 e. The van der Waals surface area contributed by atoms with Gasteiger partial charge in [-0.2, -0.15) is 0 Å². The zero-order chi connectivity index (χ0) is 16.5. The number of hydrogen-bond acceptors (Lipinski definition) is 4. The Morgan fingerprint density at radius 3 is 2.64 bits per heavy atom. The average Bonchev–Trinajstić information content (AvgIpc) is 2.44. The van der Waals surface area contributed by atoms with Crippen molar-refractivity contribution in [2.24, 2.45) is 5.92 Å². The lowest BCUT2D eigenvalue weighted by Crippen LogP contribution is -2.35. The Morgan fingerprint density at radius 1 is 1.27 bits per heavy atom. The van der Waals surface area contributed by atoms with Crippen molar-refractivity contribution in [2.45, 2.75) is 46.1 Å². The minimum atomic E-state index is -0.559. The summed E-state index contributed by atoms with van der Waals surface area (Å²) in [5, 5.41) is 2.83. The summed E-state index contributed by atoms with van der Waals surface area (Å²) in [6.45, 7) is 6.04. The molecular formula is C16H23BrN2O3. The molecule has 122 valence electrons. The van der Waals surface area contributed by atoms with E-state index in [2.05, 4.69) is 40.1 Å². The van der Waals surface area contributed by atoms with Gasteiger partial charge in [-0.1, -0.05) is 26.7 Å². The van der Waals surface area contributed by atoms with E-state index in [0.29, 0.717) is 16.0 Å². The van der Waals surface area contributed by atoms with Gasteiger partial charge in [0.1, 0.15) is 0 Å². The van der Waals surface area contributed by atoms with Gasteiger partial charge in [0.15, 0.2) is 6.61 Å². The predicted octanol–water partition coefficient (Wildman–Crippen LogP) is 3.33. The van der Waals surface area contributed by atoms with Crippen LogP contribution in [0.4, 0.5) is 0 Å². The van der Waals surface area contributed by atoms with Crippen LogP contribution in [0.15, 0.2) is 22.9 Å². The zero-order valence-corrected chi connectivity index (χ0v) is 14.9. The van der Waals surface area contributed by atoms with Gasteiger partial charge >= 0.3 is 5.97 Å². The minimum absolute atomic E-state index is 0.0810. The highest BCUT2D eigenvalue weighted by Crippen LogP contribution is 2.10. The van der Waals surface area contributed by atoms with Crippen molar-refractivity contribution in [3.05, 3.63) is 28.5 Å². The van der Waals surface area contributed by atoms with Crippen molar-refractivity contribution < 1.29 is 14.3 Å². The van der Waals surface area contributed by atoms with E-state index in [-0.39, 0.29) is 18.6 Å². The molecular weight excluding hydrogens is 348 g/mol. The van der Waals surface area contributed by atoms with Crippen LogP contribution in [0.25, 0.3) is 0 Å². The minimum Gasteiger partial charge on any atom is -0.452 e. The first kappa shape index (κ1) is 18.6. The summed E-state index contributed by atoms with van der Waals surface area (Å²) in [4.78, 5) is 27.4. The molecule has 0 radical (unpaired) electrons. The van der Waals surface area contributed by atoms with Crippen molar-refractivity contribution >= 4 is 27.8 Å². The van der Waals surface area contributed by atoms with E-state index >= 15 is 0 Å². The molecule has 0 aliphatic heterocycles. The SMILES string of the molecule is CC(C)CCC[C@@H](C)NC(=O)COC(=O)c1cncc(Br)c1. The van der Waals surface area contributed by atoms with Crippen molar-refractivity contribution in [3.8, 4) is 0 Å². The predicted molar refractivity (Wildman–Crippen MR) is 88.5 cm³/mol. The number of nitrogens with zero attached hydrogens (tertiary/aromatic N) is 1. The van der Waals surface area contributed by atoms with Crippen LogP contribution in [0.2, 0.25) is 0 Å². The van der Waals surface area contributed by atoms with Crippen molar-refractivity contribution in [3.63, 3.8) is 0 Å². The number of ether oxygens (including phenoxy) is 1. The molecule has 6 heteroatoms. The summed E-state index contributed by atoms with van der Waals surface area (Å²) in [5.41, 5.74) is 0.312. The van der Waals surface area contributed by atoms with Crippen LogP contribution in [0.5, 0.6) is 0 Å². The number of halogens is 1. The van der Waals surface area contributed by atoms with Crippen LogP contribution >= 0.6 is 15.9 Å². The van der Waals surface area contributed by atoms with Crippen molar-refractivity contribution in [1.82, 2.24) is 10.3 Å². The first-order chi connectivity index (χ1) is 10.4. The molecule has 0 aliphatic rings. The third-order valence-corrected chi connectivity index (χ3v) is 3.53. The normalized spacial score (nSPS) is 12.0. The standard InChI is InChI=1S/C16H23BrN2O3/c1-11(2)5-4-6-12(3)19-15(20)10-22-16(21)13-7-14(17)9-18-8-13/h7-9,11-12H,4-6,10H2,1-3H3,(H,19,20)/t12-/m1/s1. The van der Waals surface area contributed by atoms with Gasteiger partial charge in [0, 0.05) is 22.9 Å². The lowest BCUT2D eigenvalue weighted by molar-refractivity contribution is -0.124. The molecule has 0 aliphatic carbocycles. The highest BCUT2D eigenvalue weighted by atomic mass is 79.9. The van der Waals surface area contributed by atoms with E-state index in [1.54, 1.807) is 12.3 Å². The van der Waals surface area contributed by atoms with Gasteiger partial charge in [-0.15, -0.1) is 0 Å². The van der Waals surface area contributed by atoms with E-state index in [1.165, 1.54) is 6.20 Å². The molecule has 0 aromatic carbocycles. The number of rotatable bonds is 8. The summed E-state index contributed by atoms with van der Waals surface area (Å²) >= 11 is 3.23. The molecule has 1 atom stereocenters. The second kappa shape index (κ2) is 9.56. The van der Waals surface area contributed by atoms with E-state index in [1.807, 2.05) is 6.92 Å². The fourth-order valence-electron chi connectivity index (χ4n) is 1.96. The van der Waals surface area contributed by atoms with Crippen LogP contribution in [0, 0.1) is 5.92 Å². The van der Waals surface area contributed by atoms with Crippen LogP contribution in [0.3, 0.4) is 0 Å². The fraction of sp³-hybridized carbons (Fsp3) is 0.562. The molecule has 1 aromatic heterocycles. The second-order valence-electron chi connectivity index (χ2n) is 5.76. The number of nitrogens with one attached hydrogen (secondary N) is 1. The van der Waals surface area contributed by atoms with Gasteiger partial charge < -0.3 is 10.1 Å². The van der Waals surface area contributed by atoms with Crippen LogP contribution in [-0.2, 0) is 9.53 Å². The van der Waals surface area contributed by atoms with E-state index in [9.17, 15) is 9.59 Å². The number of hydrogen-bond donors (Lipinski definition) is 1. The van der Waals surface area contributed by atoms with Gasteiger partial charge in [0.25, 0.3) is 5.91 Å². The quantitative estimate of drug-likeness (QED) is 0.712. The highest BCUT2D eigenvalue weighted by molar-refractivity contribution is 9.10. The Morgan fingerprint density at radius 2 is 2.00 bits per heavy atom. The van der Waals surface area contributed by atoms with Crippen molar-refractivity contribution in [1.29, 1.82) is 0 Å².